The third-order valence-corrected chi connectivity index (χ3v) is 11.0. The van der Waals surface area contributed by atoms with Crippen LogP contribution in [-0.2, 0) is 28.5 Å². The highest BCUT2D eigenvalue weighted by atomic mass is 16.7. The summed E-state index contributed by atoms with van der Waals surface area (Å²) in [5.74, 6) is -0.0656. The minimum absolute atomic E-state index is 0.0463. The van der Waals surface area contributed by atoms with Gasteiger partial charge in [-0.05, 0) is 39.0 Å². The second-order valence-corrected chi connectivity index (χ2v) is 12.7. The minimum atomic E-state index is -0.783. The van der Waals surface area contributed by atoms with E-state index in [9.17, 15) is 19.8 Å². The minimum Gasteiger partial charge on any atom is -0.390 e. The number of hydrogen-bond acceptors (Lipinski definition) is 8. The van der Waals surface area contributed by atoms with Crippen LogP contribution in [0, 0.1) is 34.5 Å². The van der Waals surface area contributed by atoms with Crippen LogP contribution in [-0.4, -0.2) is 77.9 Å². The van der Waals surface area contributed by atoms with Gasteiger partial charge in [0.15, 0.2) is 12.1 Å². The number of fused-ring (bicyclic) bond motifs is 4. The molecule has 4 aliphatic carbocycles. The Labute approximate surface area is 212 Å². The van der Waals surface area contributed by atoms with Crippen molar-refractivity contribution in [2.45, 2.75) is 109 Å². The fourth-order valence-corrected chi connectivity index (χ4v) is 9.19. The molecule has 0 spiro atoms. The summed E-state index contributed by atoms with van der Waals surface area (Å²) in [5.41, 5.74) is 0.156. The summed E-state index contributed by atoms with van der Waals surface area (Å²) >= 11 is 0. The van der Waals surface area contributed by atoms with E-state index in [-0.39, 0.29) is 41.3 Å². The number of allylic oxidation sites excluding steroid dienone is 1. The smallest absolute Gasteiger partial charge is 0.166 e. The molecule has 0 radical (unpaired) electrons. The van der Waals surface area contributed by atoms with Gasteiger partial charge in [-0.25, -0.2) is 0 Å². The molecule has 0 amide bonds. The average molecular weight is 505 g/mol. The first-order valence-corrected chi connectivity index (χ1v) is 13.6. The molecule has 200 valence electrons. The molecule has 2 saturated heterocycles. The van der Waals surface area contributed by atoms with Crippen LogP contribution < -0.4 is 0 Å². The van der Waals surface area contributed by atoms with E-state index in [1.165, 1.54) is 0 Å². The van der Waals surface area contributed by atoms with Gasteiger partial charge in [0.05, 0.1) is 30.5 Å². The third kappa shape index (κ3) is 3.27. The van der Waals surface area contributed by atoms with Crippen molar-refractivity contribution in [3.05, 3.63) is 11.6 Å². The van der Waals surface area contributed by atoms with Crippen LogP contribution in [0.25, 0.3) is 0 Å². The van der Waals surface area contributed by atoms with Crippen LogP contribution in [0.15, 0.2) is 11.6 Å². The van der Waals surface area contributed by atoms with Gasteiger partial charge in [0.1, 0.15) is 18.0 Å². The lowest BCUT2D eigenvalue weighted by atomic mass is 9.46. The molecular formula is C28H40O8. The van der Waals surface area contributed by atoms with E-state index < -0.39 is 53.7 Å². The second kappa shape index (κ2) is 8.42. The lowest BCUT2D eigenvalue weighted by molar-refractivity contribution is -0.275. The molecule has 2 aliphatic heterocycles. The van der Waals surface area contributed by atoms with Crippen molar-refractivity contribution < 1.29 is 38.7 Å². The molecule has 2 N–H and O–H groups in total. The van der Waals surface area contributed by atoms with E-state index in [1.54, 1.807) is 14.0 Å². The fourth-order valence-electron chi connectivity index (χ4n) is 9.19. The van der Waals surface area contributed by atoms with E-state index >= 15 is 0 Å². The first kappa shape index (κ1) is 25.1. The van der Waals surface area contributed by atoms with Gasteiger partial charge in [-0.3, -0.25) is 9.59 Å². The topological polar surface area (TPSA) is 112 Å². The van der Waals surface area contributed by atoms with Crippen LogP contribution in [0.3, 0.4) is 0 Å². The van der Waals surface area contributed by atoms with Crippen LogP contribution in [0.1, 0.15) is 59.8 Å². The fraction of sp³-hybridized carbons (Fsp3) is 0.857. The average Bonchev–Trinajstić information content (AvgIpc) is 3.23. The summed E-state index contributed by atoms with van der Waals surface area (Å²) in [6.07, 6.45) is 0.620. The molecular weight excluding hydrogens is 464 g/mol. The monoisotopic (exact) mass is 504 g/mol. The van der Waals surface area contributed by atoms with Gasteiger partial charge in [0, 0.05) is 48.5 Å². The zero-order valence-electron chi connectivity index (χ0n) is 21.9. The molecule has 6 aliphatic rings. The Kier molecular flexibility index (Phi) is 5.88. The molecule has 0 aromatic heterocycles. The summed E-state index contributed by atoms with van der Waals surface area (Å²) < 4.78 is 23.8. The molecule has 0 aromatic carbocycles. The van der Waals surface area contributed by atoms with Gasteiger partial charge in [-0.15, -0.1) is 0 Å². The quantitative estimate of drug-likeness (QED) is 0.563. The number of methoxy groups -OCH3 is 1. The maximum absolute atomic E-state index is 14.1. The Morgan fingerprint density at radius 1 is 1.03 bits per heavy atom. The van der Waals surface area contributed by atoms with E-state index in [1.807, 2.05) is 6.92 Å². The molecule has 8 heteroatoms. The Balaban J connectivity index is 1.26. The van der Waals surface area contributed by atoms with Crippen molar-refractivity contribution in [3.8, 4) is 0 Å². The van der Waals surface area contributed by atoms with Crippen LogP contribution >= 0.6 is 0 Å². The van der Waals surface area contributed by atoms with E-state index in [0.29, 0.717) is 32.1 Å². The van der Waals surface area contributed by atoms with Gasteiger partial charge < -0.3 is 29.2 Å². The van der Waals surface area contributed by atoms with Crippen LogP contribution in [0.4, 0.5) is 0 Å². The second-order valence-electron chi connectivity index (χ2n) is 12.7. The van der Waals surface area contributed by atoms with E-state index in [4.69, 9.17) is 18.9 Å². The van der Waals surface area contributed by atoms with Crippen molar-refractivity contribution in [3.63, 3.8) is 0 Å². The molecule has 5 fully saturated rings. The van der Waals surface area contributed by atoms with Crippen LogP contribution in [0.5, 0.6) is 0 Å². The van der Waals surface area contributed by atoms with Crippen molar-refractivity contribution >= 4 is 11.6 Å². The summed E-state index contributed by atoms with van der Waals surface area (Å²) in [6, 6.07) is 0. The standard InChI is InChI=1S/C28H40O8/c1-12-16-9-17(29)22-15-7-6-14-8-19(36-21-10-20(33-5)24(31)13(2)34-21)18(30)11-27(14,3)23(15)25(32)26(35-12)28(16,22)4/h6,12-13,15-16,18-24,26,30-31H,7-11H2,1-5H3. The zero-order valence-corrected chi connectivity index (χ0v) is 21.9. The number of ether oxygens (including phenoxy) is 4. The number of rotatable bonds is 3. The molecule has 6 rings (SSSR count). The lowest BCUT2D eigenvalue weighted by Gasteiger charge is -2.57. The SMILES string of the molecule is COC1CC(OC2CC3=CCC4C(C(=O)C5OC(C)C6CC(=O)C4C56C)C3(C)CC2O)OC(C)C1O. The molecule has 36 heavy (non-hydrogen) atoms. The third-order valence-electron chi connectivity index (χ3n) is 11.0. The highest BCUT2D eigenvalue weighted by molar-refractivity contribution is 5.96. The highest BCUT2D eigenvalue weighted by Crippen LogP contribution is 2.67. The number of aliphatic hydroxyl groups is 2. The number of Topliss-reactive ketones (excluding diaryl/α,β-unsaturated/α-hetero) is 2. The number of carbonyl (C=O) groups excluding carboxylic acids is 2. The predicted molar refractivity (Wildman–Crippen MR) is 128 cm³/mol. The number of aliphatic hydroxyl groups excluding tert-OH is 2. The van der Waals surface area contributed by atoms with Crippen molar-refractivity contribution in [2.75, 3.05) is 7.11 Å². The zero-order chi connectivity index (χ0) is 25.7. The van der Waals surface area contributed by atoms with Crippen molar-refractivity contribution in [1.29, 1.82) is 0 Å². The lowest BCUT2D eigenvalue weighted by Crippen LogP contribution is -2.62. The number of ketones is 2. The van der Waals surface area contributed by atoms with E-state index in [0.717, 1.165) is 5.57 Å². The Hall–Kier alpha value is -1.16. The molecule has 0 bridgehead atoms. The largest absolute Gasteiger partial charge is 0.390 e. The number of hydrogen-bond donors (Lipinski definition) is 2. The first-order chi connectivity index (χ1) is 17.0. The summed E-state index contributed by atoms with van der Waals surface area (Å²) in [5, 5.41) is 21.6. The van der Waals surface area contributed by atoms with Crippen molar-refractivity contribution in [1.82, 2.24) is 0 Å². The van der Waals surface area contributed by atoms with Gasteiger partial charge >= 0.3 is 0 Å². The maximum Gasteiger partial charge on any atom is 0.166 e. The van der Waals surface area contributed by atoms with Crippen molar-refractivity contribution in [2.24, 2.45) is 34.5 Å². The normalized spacial score (nSPS) is 56.1. The Morgan fingerprint density at radius 2 is 1.78 bits per heavy atom. The summed E-state index contributed by atoms with van der Waals surface area (Å²) in [7, 11) is 1.56. The molecule has 14 unspecified atom stereocenters. The Morgan fingerprint density at radius 3 is 2.50 bits per heavy atom. The molecule has 3 saturated carbocycles. The summed E-state index contributed by atoms with van der Waals surface area (Å²) in [6.45, 7) is 7.97. The molecule has 0 aromatic rings. The van der Waals surface area contributed by atoms with Gasteiger partial charge in [0.25, 0.3) is 0 Å². The van der Waals surface area contributed by atoms with Gasteiger partial charge in [-0.2, -0.15) is 0 Å². The van der Waals surface area contributed by atoms with E-state index in [2.05, 4.69) is 19.9 Å². The van der Waals surface area contributed by atoms with Gasteiger partial charge in [-0.1, -0.05) is 25.5 Å². The predicted octanol–water partition coefficient (Wildman–Crippen LogP) is 2.19. The van der Waals surface area contributed by atoms with Crippen LogP contribution in [0.2, 0.25) is 0 Å². The first-order valence-electron chi connectivity index (χ1n) is 13.6. The molecule has 8 nitrogen and oxygen atoms in total. The Bertz CT molecular complexity index is 979. The molecule has 14 atom stereocenters. The highest BCUT2D eigenvalue weighted by Gasteiger charge is 2.72. The number of carbonyl (C=O) groups is 2. The van der Waals surface area contributed by atoms with Gasteiger partial charge in [0.2, 0.25) is 0 Å². The maximum atomic E-state index is 14.1. The molecule has 2 heterocycles. The summed E-state index contributed by atoms with van der Waals surface area (Å²) in [4.78, 5) is 27.4.